The van der Waals surface area contributed by atoms with Crippen molar-refractivity contribution in [2.45, 2.75) is 111 Å². The van der Waals surface area contributed by atoms with Crippen molar-refractivity contribution in [2.24, 2.45) is 0 Å². The maximum absolute atomic E-state index is 3.00. The Morgan fingerprint density at radius 1 is 0.320 bits per heavy atom. The van der Waals surface area contributed by atoms with Crippen LogP contribution < -0.4 is 0 Å². The van der Waals surface area contributed by atoms with Crippen molar-refractivity contribution in [3.63, 3.8) is 0 Å². The first kappa shape index (κ1) is 26.7. The van der Waals surface area contributed by atoms with Crippen molar-refractivity contribution in [3.05, 3.63) is 0 Å². The van der Waals surface area contributed by atoms with E-state index in [1.807, 2.05) is 0 Å². The van der Waals surface area contributed by atoms with Crippen molar-refractivity contribution >= 4 is 58.6 Å². The lowest BCUT2D eigenvalue weighted by Crippen LogP contribution is -2.95. The second-order valence-corrected chi connectivity index (χ2v) is 100. The third-order valence-electron chi connectivity index (χ3n) is 7.75. The number of hydrogen-bond acceptors (Lipinski definition) is 0. The molecule has 0 bridgehead atoms. The summed E-state index contributed by atoms with van der Waals surface area (Å²) in [6, 6.07) is 0. The number of rotatable bonds is 7. The van der Waals surface area contributed by atoms with E-state index in [0.717, 1.165) is 0 Å². The molecule has 0 aromatic rings. The van der Waals surface area contributed by atoms with Gasteiger partial charge in [-0.2, -0.15) is 0 Å². The molecule has 0 spiro atoms. The van der Waals surface area contributed by atoms with Gasteiger partial charge in [-0.25, -0.2) is 0 Å². The van der Waals surface area contributed by atoms with Crippen LogP contribution in [0.1, 0.15) is 0 Å². The molecule has 151 valence electrons. The summed E-state index contributed by atoms with van der Waals surface area (Å²) in [5, 5.41) is 0. The molecular formula is C17H51Si8. The summed E-state index contributed by atoms with van der Waals surface area (Å²) in [4.78, 5) is 0. The average Bonchev–Trinajstić information content (AvgIpc) is 2.20. The smallest absolute Gasteiger partial charge is 0.0326 e. The van der Waals surface area contributed by atoms with Crippen molar-refractivity contribution < 1.29 is 0 Å². The zero-order valence-electron chi connectivity index (χ0n) is 21.0. The zero-order valence-corrected chi connectivity index (χ0v) is 29.0. The molecule has 1 radical (unpaired) electrons. The molecule has 0 N–H and O–H groups in total. The Hall–Kier alpha value is 1.74. The van der Waals surface area contributed by atoms with E-state index in [9.17, 15) is 0 Å². The Morgan fingerprint density at radius 2 is 0.480 bits per heavy atom. The normalized spacial score (nSPS) is 16.6. The summed E-state index contributed by atoms with van der Waals surface area (Å²) in [6.45, 7) is 45.6. The molecule has 0 aliphatic heterocycles. The van der Waals surface area contributed by atoms with Crippen LogP contribution in [-0.4, -0.2) is 58.6 Å². The van der Waals surface area contributed by atoms with Crippen molar-refractivity contribution in [3.8, 4) is 0 Å². The van der Waals surface area contributed by atoms with Crippen LogP contribution in [0.5, 0.6) is 0 Å². The Labute approximate surface area is 169 Å². The van der Waals surface area contributed by atoms with Gasteiger partial charge in [0.05, 0.1) is 0 Å². The van der Waals surface area contributed by atoms with Gasteiger partial charge in [-0.3, -0.25) is 0 Å². The van der Waals surface area contributed by atoms with E-state index in [4.69, 9.17) is 0 Å². The predicted octanol–water partition coefficient (Wildman–Crippen LogP) is 6.88. The van der Waals surface area contributed by atoms with Gasteiger partial charge >= 0.3 is 0 Å². The first-order valence-corrected chi connectivity index (χ1v) is 41.2. The molecule has 0 saturated carbocycles. The van der Waals surface area contributed by atoms with Crippen LogP contribution in [0.2, 0.25) is 111 Å². The highest BCUT2D eigenvalue weighted by molar-refractivity contribution is 8.14. The monoisotopic (exact) mass is 479 g/mol. The van der Waals surface area contributed by atoms with Crippen LogP contribution in [0.15, 0.2) is 0 Å². The molecule has 0 saturated heterocycles. The van der Waals surface area contributed by atoms with Gasteiger partial charge in [0.15, 0.2) is 0 Å². The molecule has 0 aromatic heterocycles. The Bertz CT molecular complexity index is 399. The summed E-state index contributed by atoms with van der Waals surface area (Å²) in [5.74, 6) is 0. The maximum Gasteiger partial charge on any atom is 0.0326 e. The highest BCUT2D eigenvalue weighted by Gasteiger charge is 2.69. The highest BCUT2D eigenvalue weighted by atomic mass is 30.3. The molecule has 0 aliphatic carbocycles. The zero-order chi connectivity index (χ0) is 21.1. The molecular weight excluding hydrogens is 429 g/mol. The lowest BCUT2D eigenvalue weighted by molar-refractivity contribution is 1.74. The van der Waals surface area contributed by atoms with E-state index >= 15 is 0 Å². The van der Waals surface area contributed by atoms with Crippen molar-refractivity contribution in [2.75, 3.05) is 0 Å². The fraction of sp³-hybridized carbons (Fsp3) is 1.00. The highest BCUT2D eigenvalue weighted by Crippen LogP contribution is 2.43. The molecule has 0 atom stereocenters. The van der Waals surface area contributed by atoms with E-state index in [1.54, 1.807) is 0 Å². The van der Waals surface area contributed by atoms with E-state index in [2.05, 4.69) is 111 Å². The van der Waals surface area contributed by atoms with Crippen molar-refractivity contribution in [1.82, 2.24) is 0 Å². The van der Waals surface area contributed by atoms with Gasteiger partial charge in [-0.05, 0) is 0 Å². The second-order valence-electron chi connectivity index (χ2n) is 13.9. The van der Waals surface area contributed by atoms with Gasteiger partial charge in [0.2, 0.25) is 0 Å². The van der Waals surface area contributed by atoms with Gasteiger partial charge in [0, 0.05) is 58.6 Å². The van der Waals surface area contributed by atoms with Gasteiger partial charge in [0.25, 0.3) is 0 Å². The third kappa shape index (κ3) is 4.67. The summed E-state index contributed by atoms with van der Waals surface area (Å²) in [7, 11) is -5.84. The molecule has 0 rings (SSSR count). The minimum atomic E-state index is -1.20. The Kier molecular flexibility index (Phi) is 7.71. The van der Waals surface area contributed by atoms with Crippen LogP contribution in [0.4, 0.5) is 0 Å². The summed E-state index contributed by atoms with van der Waals surface area (Å²) >= 11 is 0. The van der Waals surface area contributed by atoms with Crippen LogP contribution in [0.3, 0.4) is 0 Å². The van der Waals surface area contributed by atoms with E-state index in [0.29, 0.717) is 0 Å². The molecule has 0 amide bonds. The second kappa shape index (κ2) is 7.21. The standard InChI is InChI=1S/C17H51Si8/c1-19(2,3)18(24(16,20(4,5)6)21(7,8)9)25(17,22(10,11)12)23(13,14)15/h1-17H3. The van der Waals surface area contributed by atoms with Crippen LogP contribution in [0.25, 0.3) is 0 Å². The Morgan fingerprint density at radius 3 is 0.560 bits per heavy atom. The largest absolute Gasteiger partial charge is 0.0752 e. The quantitative estimate of drug-likeness (QED) is 0.349. The first-order chi connectivity index (χ1) is 10.4. The van der Waals surface area contributed by atoms with Gasteiger partial charge in [-0.1, -0.05) is 111 Å². The third-order valence-corrected chi connectivity index (χ3v) is 182. The topological polar surface area (TPSA) is 0 Å². The molecule has 0 unspecified atom stereocenters. The van der Waals surface area contributed by atoms with Crippen LogP contribution >= 0.6 is 0 Å². The molecule has 0 nitrogen and oxygen atoms in total. The minimum Gasteiger partial charge on any atom is -0.0752 e. The van der Waals surface area contributed by atoms with Crippen LogP contribution in [-0.2, 0) is 0 Å². The SMILES string of the molecule is C[Si](C)(C)[Si]([Si](C)([Si](C)(C)C)[Si](C)(C)C)[Si](C)([Si](C)(C)C)[Si](C)(C)C. The van der Waals surface area contributed by atoms with E-state index in [1.165, 1.54) is 0 Å². The molecule has 8 heteroatoms. The minimum absolute atomic E-state index is 0.200. The van der Waals surface area contributed by atoms with Crippen LogP contribution in [0, 0.1) is 0 Å². The van der Waals surface area contributed by atoms with Gasteiger partial charge in [-0.15, -0.1) is 0 Å². The summed E-state index contributed by atoms with van der Waals surface area (Å²) in [5.41, 5.74) is 0. The fourth-order valence-corrected chi connectivity index (χ4v) is 317. The Balaban J connectivity index is 7.27. The molecule has 0 aliphatic rings. The average molecular weight is 480 g/mol. The molecule has 0 aromatic carbocycles. The van der Waals surface area contributed by atoms with Gasteiger partial charge in [0.1, 0.15) is 0 Å². The lowest BCUT2D eigenvalue weighted by Gasteiger charge is -2.66. The first-order valence-electron chi connectivity index (χ1n) is 10.2. The summed E-state index contributed by atoms with van der Waals surface area (Å²) in [6.07, 6.45) is 0. The lowest BCUT2D eigenvalue weighted by atomic mass is 11.8. The predicted molar refractivity (Wildman–Crippen MR) is 146 cm³/mol. The van der Waals surface area contributed by atoms with E-state index < -0.39 is 51.2 Å². The maximum atomic E-state index is 3.00. The van der Waals surface area contributed by atoms with E-state index in [-0.39, 0.29) is 7.35 Å². The van der Waals surface area contributed by atoms with Gasteiger partial charge < -0.3 is 0 Å². The number of hydrogen-bond donors (Lipinski definition) is 0. The molecule has 0 fully saturated rings. The molecule has 0 heterocycles. The fourth-order valence-electron chi connectivity index (χ4n) is 5.75. The summed E-state index contributed by atoms with van der Waals surface area (Å²) < 4.78 is 0. The molecule has 25 heavy (non-hydrogen) atoms. The van der Waals surface area contributed by atoms with Crippen molar-refractivity contribution in [1.29, 1.82) is 0 Å².